The van der Waals surface area contributed by atoms with Crippen LogP contribution in [0.4, 0.5) is 0 Å². The molecule has 0 fully saturated rings. The fourth-order valence-corrected chi connectivity index (χ4v) is 4.77. The summed E-state index contributed by atoms with van der Waals surface area (Å²) in [7, 11) is 1.99. The first-order valence-corrected chi connectivity index (χ1v) is 9.95. The molecule has 1 aliphatic rings. The normalized spacial score (nSPS) is 14.1. The molecule has 1 aromatic heterocycles. The van der Waals surface area contributed by atoms with Crippen molar-refractivity contribution in [2.45, 2.75) is 26.7 Å². The maximum absolute atomic E-state index is 4.78. The second kappa shape index (κ2) is 6.73. The summed E-state index contributed by atoms with van der Waals surface area (Å²) >= 11 is 1.88. The Hall–Kier alpha value is -2.39. The fraction of sp³-hybridized carbons (Fsp3) is 0.261. The van der Waals surface area contributed by atoms with Crippen LogP contribution < -0.4 is 0 Å². The van der Waals surface area contributed by atoms with Crippen molar-refractivity contribution in [2.75, 3.05) is 7.05 Å². The molecule has 0 saturated heterocycles. The quantitative estimate of drug-likeness (QED) is 0.544. The molecule has 0 unspecified atom stereocenters. The van der Waals surface area contributed by atoms with Gasteiger partial charge in [0.1, 0.15) is 0 Å². The highest BCUT2D eigenvalue weighted by molar-refractivity contribution is 7.14. The van der Waals surface area contributed by atoms with Gasteiger partial charge in [0, 0.05) is 23.9 Å². The molecule has 0 aliphatic carbocycles. The topological polar surface area (TPSA) is 15.6 Å². The lowest BCUT2D eigenvalue weighted by Gasteiger charge is -2.24. The molecular formula is C23H24N2S. The van der Waals surface area contributed by atoms with Crippen LogP contribution in [0, 0.1) is 5.92 Å². The molecule has 0 radical (unpaired) electrons. The third kappa shape index (κ3) is 3.08. The third-order valence-electron chi connectivity index (χ3n) is 4.86. The number of fused-ring (bicyclic) bond motifs is 2. The molecule has 0 spiro atoms. The monoisotopic (exact) mass is 360 g/mol. The zero-order chi connectivity index (χ0) is 18.3. The second-order valence-electron chi connectivity index (χ2n) is 7.39. The highest BCUT2D eigenvalue weighted by Gasteiger charge is 2.24. The van der Waals surface area contributed by atoms with Crippen molar-refractivity contribution in [3.63, 3.8) is 0 Å². The van der Waals surface area contributed by atoms with E-state index in [9.17, 15) is 0 Å². The summed E-state index contributed by atoms with van der Waals surface area (Å²) in [6.07, 6.45) is 1.95. The Labute approximate surface area is 159 Å². The number of thiophene rings is 1. The minimum atomic E-state index is 0.588. The van der Waals surface area contributed by atoms with Gasteiger partial charge in [0.25, 0.3) is 0 Å². The molecule has 0 amide bonds. The minimum absolute atomic E-state index is 0.588. The van der Waals surface area contributed by atoms with Crippen molar-refractivity contribution in [2.24, 2.45) is 11.0 Å². The van der Waals surface area contributed by atoms with Crippen LogP contribution in [0.15, 0.2) is 60.2 Å². The number of nitrogens with zero attached hydrogens (tertiary/aromatic N) is 2. The van der Waals surface area contributed by atoms with Crippen LogP contribution in [0.2, 0.25) is 0 Å². The average molecular weight is 361 g/mol. The number of rotatable bonds is 4. The summed E-state index contributed by atoms with van der Waals surface area (Å²) in [4.78, 5) is 2.68. The maximum Gasteiger partial charge on any atom is 0.0790 e. The van der Waals surface area contributed by atoms with Crippen LogP contribution in [0.3, 0.4) is 0 Å². The van der Waals surface area contributed by atoms with Crippen molar-refractivity contribution in [1.82, 2.24) is 5.01 Å². The van der Waals surface area contributed by atoms with Gasteiger partial charge in [-0.05, 0) is 34.7 Å². The van der Waals surface area contributed by atoms with Gasteiger partial charge < -0.3 is 0 Å². The molecule has 3 aromatic rings. The van der Waals surface area contributed by atoms with Gasteiger partial charge in [0.15, 0.2) is 0 Å². The van der Waals surface area contributed by atoms with E-state index in [1.165, 1.54) is 37.4 Å². The Kier molecular flexibility index (Phi) is 4.41. The standard InChI is InChI=1S/C23H24N2S/c1-15(2)12-22-23-21(16(3)25(4)24-22)14-19(26-23)13-18-10-7-9-17-8-5-6-11-20(17)18/h5-11,14-15H,3,12-13H2,1-2,4H3. The molecule has 4 rings (SSSR count). The predicted octanol–water partition coefficient (Wildman–Crippen LogP) is 6.16. The fourth-order valence-electron chi connectivity index (χ4n) is 3.57. The first-order chi connectivity index (χ1) is 12.5. The van der Waals surface area contributed by atoms with Crippen molar-refractivity contribution in [3.05, 3.63) is 76.0 Å². The van der Waals surface area contributed by atoms with Crippen molar-refractivity contribution in [3.8, 4) is 0 Å². The van der Waals surface area contributed by atoms with Gasteiger partial charge in [-0.15, -0.1) is 11.3 Å². The molecular weight excluding hydrogens is 336 g/mol. The molecule has 132 valence electrons. The molecule has 1 aliphatic heterocycles. The Morgan fingerprint density at radius 3 is 2.69 bits per heavy atom. The summed E-state index contributed by atoms with van der Waals surface area (Å²) < 4.78 is 0. The number of hydrogen-bond donors (Lipinski definition) is 0. The lowest BCUT2D eigenvalue weighted by Crippen LogP contribution is -2.20. The summed E-state index contributed by atoms with van der Waals surface area (Å²) in [5, 5.41) is 9.35. The molecule has 0 N–H and O–H groups in total. The lowest BCUT2D eigenvalue weighted by atomic mass is 9.99. The molecule has 2 heterocycles. The second-order valence-corrected chi connectivity index (χ2v) is 8.52. The molecule has 0 bridgehead atoms. The number of hydrazone groups is 1. The third-order valence-corrected chi connectivity index (χ3v) is 6.05. The van der Waals surface area contributed by atoms with E-state index >= 15 is 0 Å². The van der Waals surface area contributed by atoms with Crippen LogP contribution in [0.25, 0.3) is 16.5 Å². The minimum Gasteiger partial charge on any atom is -0.268 e. The van der Waals surface area contributed by atoms with Crippen LogP contribution >= 0.6 is 11.3 Å². The Morgan fingerprint density at radius 1 is 1.12 bits per heavy atom. The van der Waals surface area contributed by atoms with Gasteiger partial charge in [-0.1, -0.05) is 62.9 Å². The molecule has 2 nitrogen and oxygen atoms in total. The largest absolute Gasteiger partial charge is 0.268 e. The molecule has 26 heavy (non-hydrogen) atoms. The molecule has 0 saturated carbocycles. The van der Waals surface area contributed by atoms with Gasteiger partial charge in [-0.3, -0.25) is 5.01 Å². The van der Waals surface area contributed by atoms with E-state index in [-0.39, 0.29) is 0 Å². The van der Waals surface area contributed by atoms with Gasteiger partial charge in [-0.25, -0.2) is 0 Å². The Bertz CT molecular complexity index is 1000. The average Bonchev–Trinajstić information content (AvgIpc) is 3.04. The van der Waals surface area contributed by atoms with E-state index in [1.807, 2.05) is 23.4 Å². The molecule has 3 heteroatoms. The van der Waals surface area contributed by atoms with E-state index in [0.29, 0.717) is 5.92 Å². The molecule has 0 atom stereocenters. The first-order valence-electron chi connectivity index (χ1n) is 9.13. The predicted molar refractivity (Wildman–Crippen MR) is 114 cm³/mol. The first kappa shape index (κ1) is 17.0. The highest BCUT2D eigenvalue weighted by atomic mass is 32.1. The smallest absolute Gasteiger partial charge is 0.0790 e. The summed E-state index contributed by atoms with van der Waals surface area (Å²) in [5.74, 6) is 0.588. The zero-order valence-corrected chi connectivity index (χ0v) is 16.4. The van der Waals surface area contributed by atoms with Crippen LogP contribution in [0.1, 0.15) is 41.1 Å². The van der Waals surface area contributed by atoms with Crippen molar-refractivity contribution >= 4 is 33.5 Å². The number of benzene rings is 2. The SMILES string of the molecule is C=C1c2cc(Cc3cccc4ccccc34)sc2C(CC(C)C)=NN1C. The van der Waals surface area contributed by atoms with E-state index in [0.717, 1.165) is 18.5 Å². The summed E-state index contributed by atoms with van der Waals surface area (Å²) in [6, 6.07) is 17.5. The van der Waals surface area contributed by atoms with Gasteiger partial charge in [-0.2, -0.15) is 5.10 Å². The van der Waals surface area contributed by atoms with E-state index < -0.39 is 0 Å². The van der Waals surface area contributed by atoms with E-state index in [2.05, 4.69) is 69.0 Å². The van der Waals surface area contributed by atoms with Crippen molar-refractivity contribution < 1.29 is 0 Å². The van der Waals surface area contributed by atoms with E-state index in [4.69, 9.17) is 5.10 Å². The zero-order valence-electron chi connectivity index (χ0n) is 15.6. The number of hydrogen-bond acceptors (Lipinski definition) is 3. The van der Waals surface area contributed by atoms with Gasteiger partial charge >= 0.3 is 0 Å². The van der Waals surface area contributed by atoms with Crippen LogP contribution in [-0.2, 0) is 6.42 Å². The molecule has 2 aromatic carbocycles. The van der Waals surface area contributed by atoms with Crippen molar-refractivity contribution in [1.29, 1.82) is 0 Å². The van der Waals surface area contributed by atoms with Gasteiger partial charge in [0.2, 0.25) is 0 Å². The summed E-state index contributed by atoms with van der Waals surface area (Å²) in [5.41, 5.74) is 4.81. The van der Waals surface area contributed by atoms with Crippen LogP contribution in [-0.4, -0.2) is 17.8 Å². The van der Waals surface area contributed by atoms with Crippen LogP contribution in [0.5, 0.6) is 0 Å². The summed E-state index contributed by atoms with van der Waals surface area (Å²) in [6.45, 7) is 8.74. The lowest BCUT2D eigenvalue weighted by molar-refractivity contribution is 0.507. The maximum atomic E-state index is 4.78. The Morgan fingerprint density at radius 2 is 1.88 bits per heavy atom. The Balaban J connectivity index is 1.73. The highest BCUT2D eigenvalue weighted by Crippen LogP contribution is 2.36. The van der Waals surface area contributed by atoms with E-state index in [1.54, 1.807) is 0 Å². The van der Waals surface area contributed by atoms with Gasteiger partial charge in [0.05, 0.1) is 16.3 Å².